The fourth-order valence-corrected chi connectivity index (χ4v) is 6.82. The molecular formula is C34H35FN4O4S. The van der Waals surface area contributed by atoms with Crippen LogP contribution in [0.5, 0.6) is 0 Å². The molecule has 0 bridgehead atoms. The molecule has 5 rings (SSSR count). The van der Waals surface area contributed by atoms with Crippen LogP contribution in [-0.2, 0) is 39.1 Å². The van der Waals surface area contributed by atoms with Crippen molar-refractivity contribution in [2.24, 2.45) is 0 Å². The molecule has 4 aromatic rings. The van der Waals surface area contributed by atoms with Crippen molar-refractivity contribution in [2.45, 2.75) is 49.7 Å². The van der Waals surface area contributed by atoms with Crippen LogP contribution in [0.4, 0.5) is 4.39 Å². The first-order valence-electron chi connectivity index (χ1n) is 14.7. The van der Waals surface area contributed by atoms with Gasteiger partial charge in [-0.25, -0.2) is 12.8 Å². The smallest absolute Gasteiger partial charge is 0.247 e. The van der Waals surface area contributed by atoms with Crippen LogP contribution in [0.2, 0.25) is 0 Å². The van der Waals surface area contributed by atoms with Crippen LogP contribution in [0.15, 0.2) is 108 Å². The number of carbonyl (C=O) groups excluding carboxylic acids is 2. The topological polar surface area (TPSA) is 99.7 Å². The van der Waals surface area contributed by atoms with Crippen LogP contribution in [0.1, 0.15) is 47.6 Å². The number of pyridine rings is 1. The molecule has 2 heterocycles. The lowest BCUT2D eigenvalue weighted by atomic mass is 10.0. The summed E-state index contributed by atoms with van der Waals surface area (Å²) in [6.45, 7) is 1.38. The highest BCUT2D eigenvalue weighted by molar-refractivity contribution is 7.89. The summed E-state index contributed by atoms with van der Waals surface area (Å²) < 4.78 is 41.0. The third-order valence-electron chi connectivity index (χ3n) is 7.71. The molecule has 1 aliphatic heterocycles. The fraction of sp³-hybridized carbons (Fsp3) is 0.265. The number of sulfonamides is 1. The van der Waals surface area contributed by atoms with E-state index >= 15 is 0 Å². The predicted molar refractivity (Wildman–Crippen MR) is 165 cm³/mol. The SMILES string of the molecule is O=C(NCc1cccnc1)[C@H](c1ccccc1)N(Cc1ccc(F)cc1)C(=O)CCc1ccc(S(=O)(=O)N2CCCC2)cc1. The van der Waals surface area contributed by atoms with Gasteiger partial charge in [0.25, 0.3) is 0 Å². The van der Waals surface area contributed by atoms with Gasteiger partial charge in [-0.1, -0.05) is 60.7 Å². The molecule has 44 heavy (non-hydrogen) atoms. The third kappa shape index (κ3) is 7.75. The van der Waals surface area contributed by atoms with Gasteiger partial charge < -0.3 is 10.2 Å². The van der Waals surface area contributed by atoms with E-state index in [0.29, 0.717) is 30.6 Å². The Balaban J connectivity index is 1.37. The zero-order valence-electron chi connectivity index (χ0n) is 24.3. The Bertz CT molecular complexity index is 1650. The molecule has 0 saturated carbocycles. The Labute approximate surface area is 257 Å². The number of aromatic nitrogens is 1. The summed E-state index contributed by atoms with van der Waals surface area (Å²) in [7, 11) is -3.53. The minimum absolute atomic E-state index is 0.0820. The number of carbonyl (C=O) groups is 2. The summed E-state index contributed by atoms with van der Waals surface area (Å²) in [6, 6.07) is 24.3. The third-order valence-corrected chi connectivity index (χ3v) is 9.62. The zero-order valence-corrected chi connectivity index (χ0v) is 25.1. The Morgan fingerprint density at radius 2 is 1.55 bits per heavy atom. The van der Waals surface area contributed by atoms with E-state index in [0.717, 1.165) is 24.0 Å². The molecule has 0 aliphatic carbocycles. The fourth-order valence-electron chi connectivity index (χ4n) is 5.31. The lowest BCUT2D eigenvalue weighted by molar-refractivity contribution is -0.141. The lowest BCUT2D eigenvalue weighted by Crippen LogP contribution is -2.43. The van der Waals surface area contributed by atoms with Crippen LogP contribution in [0, 0.1) is 5.82 Å². The number of aryl methyl sites for hydroxylation is 1. The molecule has 1 aliphatic rings. The van der Waals surface area contributed by atoms with Crippen LogP contribution in [0.3, 0.4) is 0 Å². The summed E-state index contributed by atoms with van der Waals surface area (Å²) in [5.74, 6) is -1.02. The van der Waals surface area contributed by atoms with Gasteiger partial charge in [-0.3, -0.25) is 14.6 Å². The van der Waals surface area contributed by atoms with Crippen molar-refractivity contribution in [3.63, 3.8) is 0 Å². The van der Waals surface area contributed by atoms with E-state index < -0.39 is 21.9 Å². The number of hydrogen-bond acceptors (Lipinski definition) is 5. The van der Waals surface area contributed by atoms with E-state index in [4.69, 9.17) is 0 Å². The van der Waals surface area contributed by atoms with E-state index in [-0.39, 0.29) is 36.2 Å². The normalized spacial score (nSPS) is 14.2. The minimum atomic E-state index is -3.53. The molecule has 1 fully saturated rings. The molecule has 2 amide bonds. The molecule has 0 spiro atoms. The van der Waals surface area contributed by atoms with Gasteiger partial charge in [0.15, 0.2) is 0 Å². The van der Waals surface area contributed by atoms with Gasteiger partial charge in [0.05, 0.1) is 4.90 Å². The standard InChI is InChI=1S/C34H35FN4O4S/c35-30-15-10-27(11-16-30)25-39(33(29-8-2-1-3-9-29)34(41)37-24-28-7-6-20-36-23-28)32(40)19-14-26-12-17-31(18-13-26)44(42,43)38-21-4-5-22-38/h1-3,6-13,15-18,20,23,33H,4-5,14,19,21-22,24-25H2,(H,37,41)/t33-/m0/s1. The van der Waals surface area contributed by atoms with Gasteiger partial charge in [-0.2, -0.15) is 4.31 Å². The molecular weight excluding hydrogens is 579 g/mol. The largest absolute Gasteiger partial charge is 0.350 e. The molecule has 1 atom stereocenters. The molecule has 8 nitrogen and oxygen atoms in total. The summed E-state index contributed by atoms with van der Waals surface area (Å²) in [5.41, 5.74) is 2.94. The van der Waals surface area contributed by atoms with Crippen molar-refractivity contribution in [3.05, 3.63) is 131 Å². The predicted octanol–water partition coefficient (Wildman–Crippen LogP) is 5.02. The first kappa shape index (κ1) is 31.0. The second-order valence-corrected chi connectivity index (χ2v) is 12.7. The van der Waals surface area contributed by atoms with Crippen molar-refractivity contribution >= 4 is 21.8 Å². The average molecular weight is 615 g/mol. The molecule has 0 radical (unpaired) electrons. The summed E-state index contributed by atoms with van der Waals surface area (Å²) >= 11 is 0. The second-order valence-electron chi connectivity index (χ2n) is 10.8. The zero-order chi connectivity index (χ0) is 30.9. The first-order chi connectivity index (χ1) is 21.3. The van der Waals surface area contributed by atoms with E-state index in [9.17, 15) is 22.4 Å². The van der Waals surface area contributed by atoms with Crippen molar-refractivity contribution in [1.29, 1.82) is 0 Å². The minimum Gasteiger partial charge on any atom is -0.350 e. The van der Waals surface area contributed by atoms with Gasteiger partial charge in [0.2, 0.25) is 21.8 Å². The van der Waals surface area contributed by atoms with Gasteiger partial charge in [0, 0.05) is 45.0 Å². The highest BCUT2D eigenvalue weighted by Gasteiger charge is 2.31. The van der Waals surface area contributed by atoms with Gasteiger partial charge in [-0.05, 0) is 71.8 Å². The van der Waals surface area contributed by atoms with E-state index in [1.54, 1.807) is 67.0 Å². The number of benzene rings is 3. The number of amides is 2. The maximum atomic E-state index is 13.9. The lowest BCUT2D eigenvalue weighted by Gasteiger charge is -2.32. The molecule has 1 N–H and O–H groups in total. The van der Waals surface area contributed by atoms with E-state index in [1.807, 2.05) is 24.3 Å². The number of halogens is 1. The highest BCUT2D eigenvalue weighted by atomic mass is 32.2. The van der Waals surface area contributed by atoms with Crippen LogP contribution in [0.25, 0.3) is 0 Å². The molecule has 1 aromatic heterocycles. The van der Waals surface area contributed by atoms with Gasteiger partial charge in [-0.15, -0.1) is 0 Å². The number of nitrogens with one attached hydrogen (secondary N) is 1. The van der Waals surface area contributed by atoms with Gasteiger partial charge in [0.1, 0.15) is 11.9 Å². The summed E-state index contributed by atoms with van der Waals surface area (Å²) in [4.78, 5) is 33.6. The number of rotatable bonds is 12. The van der Waals surface area contributed by atoms with E-state index in [1.165, 1.54) is 21.3 Å². The Hall–Kier alpha value is -4.41. The Morgan fingerprint density at radius 1 is 0.864 bits per heavy atom. The first-order valence-corrected chi connectivity index (χ1v) is 16.1. The molecule has 10 heteroatoms. The Morgan fingerprint density at radius 3 is 2.20 bits per heavy atom. The maximum Gasteiger partial charge on any atom is 0.247 e. The monoisotopic (exact) mass is 614 g/mol. The average Bonchev–Trinajstić information content (AvgIpc) is 3.61. The van der Waals surface area contributed by atoms with Crippen LogP contribution in [-0.4, -0.2) is 47.5 Å². The maximum absolute atomic E-state index is 13.9. The number of nitrogens with zero attached hydrogens (tertiary/aromatic N) is 3. The Kier molecular flexibility index (Phi) is 10.1. The van der Waals surface area contributed by atoms with Gasteiger partial charge >= 0.3 is 0 Å². The molecule has 228 valence electrons. The quantitative estimate of drug-likeness (QED) is 0.242. The van der Waals surface area contributed by atoms with E-state index in [2.05, 4.69) is 10.3 Å². The highest BCUT2D eigenvalue weighted by Crippen LogP contribution is 2.26. The summed E-state index contributed by atoms with van der Waals surface area (Å²) in [6.07, 6.45) is 5.47. The van der Waals surface area contributed by atoms with Crippen molar-refractivity contribution in [3.8, 4) is 0 Å². The van der Waals surface area contributed by atoms with Crippen molar-refractivity contribution in [2.75, 3.05) is 13.1 Å². The van der Waals surface area contributed by atoms with Crippen LogP contribution >= 0.6 is 0 Å². The number of hydrogen-bond donors (Lipinski definition) is 1. The second kappa shape index (κ2) is 14.4. The molecule has 1 saturated heterocycles. The molecule has 0 unspecified atom stereocenters. The van der Waals surface area contributed by atoms with Crippen LogP contribution < -0.4 is 5.32 Å². The molecule has 3 aromatic carbocycles. The van der Waals surface area contributed by atoms with Crippen molar-refractivity contribution in [1.82, 2.24) is 19.5 Å². The summed E-state index contributed by atoms with van der Waals surface area (Å²) in [5, 5.41) is 2.95. The van der Waals surface area contributed by atoms with Crippen molar-refractivity contribution < 1.29 is 22.4 Å².